The highest BCUT2D eigenvalue weighted by molar-refractivity contribution is 7.92. The summed E-state index contributed by atoms with van der Waals surface area (Å²) in [6, 6.07) is 11.6. The molecule has 0 spiro atoms. The lowest BCUT2D eigenvalue weighted by Crippen LogP contribution is -2.13. The Balaban J connectivity index is 2.30. The molecule has 0 aliphatic carbocycles. The Labute approximate surface area is 133 Å². The lowest BCUT2D eigenvalue weighted by molar-refractivity contribution is -0.383. The molecule has 0 aliphatic rings. The summed E-state index contributed by atoms with van der Waals surface area (Å²) in [6.07, 6.45) is 0. The molecule has 23 heavy (non-hydrogen) atoms. The molecule has 9 heteroatoms. The number of nitrogens with zero attached hydrogens (tertiary/aromatic N) is 1. The number of nitrogens with one attached hydrogen (secondary N) is 2. The summed E-state index contributed by atoms with van der Waals surface area (Å²) in [5.41, 5.74) is -0.00600. The minimum absolute atomic E-state index is 0.0603. The Hall–Kier alpha value is -2.65. The van der Waals surface area contributed by atoms with Gasteiger partial charge < -0.3 is 10.4 Å². The third-order valence-corrected chi connectivity index (χ3v) is 4.32. The number of rotatable bonds is 7. The zero-order chi connectivity index (χ0) is 16.9. The molecule has 3 N–H and O–H groups in total. The number of sulfonamides is 1. The van der Waals surface area contributed by atoms with E-state index >= 15 is 0 Å². The van der Waals surface area contributed by atoms with Gasteiger partial charge in [-0.05, 0) is 24.3 Å². The topological polar surface area (TPSA) is 122 Å². The minimum Gasteiger partial charge on any atom is -0.395 e. The SMILES string of the molecule is O=[N+]([O-])c1cc(NS(=O)(=O)c2ccccc2)ccc1NCCO. The number of hydrogen-bond donors (Lipinski definition) is 3. The molecule has 0 saturated heterocycles. The van der Waals surface area contributed by atoms with Crippen molar-refractivity contribution in [1.82, 2.24) is 0 Å². The minimum atomic E-state index is -3.82. The Bertz CT molecular complexity index is 793. The molecule has 122 valence electrons. The van der Waals surface area contributed by atoms with Gasteiger partial charge in [-0.25, -0.2) is 8.42 Å². The first-order chi connectivity index (χ1) is 10.9. The van der Waals surface area contributed by atoms with Crippen molar-refractivity contribution in [1.29, 1.82) is 0 Å². The Morgan fingerprint density at radius 1 is 1.13 bits per heavy atom. The first-order valence-electron chi connectivity index (χ1n) is 6.65. The maximum Gasteiger partial charge on any atom is 0.294 e. The highest BCUT2D eigenvalue weighted by Gasteiger charge is 2.18. The fraction of sp³-hybridized carbons (Fsp3) is 0.143. The summed E-state index contributed by atoms with van der Waals surface area (Å²) in [6.45, 7) is -0.0323. The zero-order valence-corrected chi connectivity index (χ0v) is 12.8. The van der Waals surface area contributed by atoms with Crippen LogP contribution in [0.4, 0.5) is 17.1 Å². The molecule has 0 unspecified atom stereocenters. The Morgan fingerprint density at radius 2 is 1.83 bits per heavy atom. The van der Waals surface area contributed by atoms with Crippen LogP contribution in [0.25, 0.3) is 0 Å². The van der Waals surface area contributed by atoms with Crippen LogP contribution in [-0.2, 0) is 10.0 Å². The largest absolute Gasteiger partial charge is 0.395 e. The van der Waals surface area contributed by atoms with E-state index in [0.29, 0.717) is 0 Å². The van der Waals surface area contributed by atoms with E-state index in [1.54, 1.807) is 18.2 Å². The van der Waals surface area contributed by atoms with Crippen LogP contribution in [0, 0.1) is 10.1 Å². The van der Waals surface area contributed by atoms with Crippen LogP contribution < -0.4 is 10.0 Å². The third-order valence-electron chi connectivity index (χ3n) is 2.93. The average Bonchev–Trinajstić information content (AvgIpc) is 2.54. The molecule has 0 aromatic heterocycles. The molecule has 0 bridgehead atoms. The van der Waals surface area contributed by atoms with Crippen molar-refractivity contribution in [3.05, 3.63) is 58.6 Å². The molecular formula is C14H15N3O5S. The number of aliphatic hydroxyl groups excluding tert-OH is 1. The number of nitro benzene ring substituents is 1. The predicted molar refractivity (Wildman–Crippen MR) is 85.9 cm³/mol. The fourth-order valence-electron chi connectivity index (χ4n) is 1.90. The van der Waals surface area contributed by atoms with Crippen molar-refractivity contribution in [2.24, 2.45) is 0 Å². The highest BCUT2D eigenvalue weighted by Crippen LogP contribution is 2.28. The number of anilines is 2. The molecule has 2 rings (SSSR count). The van der Waals surface area contributed by atoms with Gasteiger partial charge in [0.05, 0.1) is 22.1 Å². The lowest BCUT2D eigenvalue weighted by Gasteiger charge is -2.10. The summed E-state index contributed by atoms with van der Waals surface area (Å²) >= 11 is 0. The van der Waals surface area contributed by atoms with Crippen molar-refractivity contribution in [3.63, 3.8) is 0 Å². The summed E-state index contributed by atoms with van der Waals surface area (Å²) < 4.78 is 26.7. The molecule has 0 saturated carbocycles. The van der Waals surface area contributed by atoms with Gasteiger partial charge in [-0.3, -0.25) is 14.8 Å². The van der Waals surface area contributed by atoms with Crippen LogP contribution in [0.1, 0.15) is 0 Å². The van der Waals surface area contributed by atoms with Gasteiger partial charge >= 0.3 is 0 Å². The molecule has 8 nitrogen and oxygen atoms in total. The van der Waals surface area contributed by atoms with Crippen molar-refractivity contribution in [2.45, 2.75) is 4.90 Å². The van der Waals surface area contributed by atoms with Gasteiger partial charge in [0.2, 0.25) is 0 Å². The van der Waals surface area contributed by atoms with E-state index < -0.39 is 14.9 Å². The summed E-state index contributed by atoms with van der Waals surface area (Å²) in [7, 11) is -3.82. The first kappa shape index (κ1) is 16.7. The average molecular weight is 337 g/mol. The number of hydrogen-bond acceptors (Lipinski definition) is 6. The fourth-order valence-corrected chi connectivity index (χ4v) is 2.97. The summed E-state index contributed by atoms with van der Waals surface area (Å²) in [5, 5.41) is 22.6. The van der Waals surface area contributed by atoms with E-state index in [1.165, 1.54) is 24.3 Å². The first-order valence-corrected chi connectivity index (χ1v) is 8.13. The van der Waals surface area contributed by atoms with Crippen molar-refractivity contribution in [2.75, 3.05) is 23.2 Å². The van der Waals surface area contributed by atoms with E-state index in [-0.39, 0.29) is 35.1 Å². The zero-order valence-electron chi connectivity index (χ0n) is 12.0. The van der Waals surface area contributed by atoms with Crippen molar-refractivity contribution in [3.8, 4) is 0 Å². The monoisotopic (exact) mass is 337 g/mol. The van der Waals surface area contributed by atoms with Crippen LogP contribution in [0.3, 0.4) is 0 Å². The molecule has 0 atom stereocenters. The lowest BCUT2D eigenvalue weighted by atomic mass is 10.2. The normalized spacial score (nSPS) is 11.0. The molecule has 0 heterocycles. The van der Waals surface area contributed by atoms with Crippen LogP contribution >= 0.6 is 0 Å². The highest BCUT2D eigenvalue weighted by atomic mass is 32.2. The van der Waals surface area contributed by atoms with Crippen LogP contribution in [0.15, 0.2) is 53.4 Å². The van der Waals surface area contributed by atoms with Gasteiger partial charge in [0, 0.05) is 12.6 Å². The van der Waals surface area contributed by atoms with E-state index in [4.69, 9.17) is 5.11 Å². The Kier molecular flexibility index (Phi) is 5.14. The van der Waals surface area contributed by atoms with Crippen molar-refractivity contribution < 1.29 is 18.4 Å². The number of aliphatic hydroxyl groups is 1. The molecule has 0 aliphatic heterocycles. The molecule has 2 aromatic rings. The van der Waals surface area contributed by atoms with Crippen LogP contribution in [-0.4, -0.2) is 31.6 Å². The summed E-state index contributed by atoms with van der Waals surface area (Å²) in [5.74, 6) is 0. The van der Waals surface area contributed by atoms with E-state index in [2.05, 4.69) is 10.0 Å². The third kappa shape index (κ3) is 4.18. The van der Waals surface area contributed by atoms with Gasteiger partial charge in [-0.15, -0.1) is 0 Å². The van der Waals surface area contributed by atoms with Gasteiger partial charge in [0.15, 0.2) is 0 Å². The van der Waals surface area contributed by atoms with Gasteiger partial charge in [-0.2, -0.15) is 0 Å². The molecule has 0 fully saturated rings. The standard InChI is InChI=1S/C14H15N3O5S/c18-9-8-15-13-7-6-11(10-14(13)17(19)20)16-23(21,22)12-4-2-1-3-5-12/h1-7,10,15-16,18H,8-9H2. The van der Waals surface area contributed by atoms with Crippen LogP contribution in [0.2, 0.25) is 0 Å². The van der Waals surface area contributed by atoms with Crippen molar-refractivity contribution >= 4 is 27.1 Å². The van der Waals surface area contributed by atoms with E-state index in [9.17, 15) is 18.5 Å². The second kappa shape index (κ2) is 7.07. The molecular weight excluding hydrogens is 322 g/mol. The maximum atomic E-state index is 12.2. The molecule has 0 radical (unpaired) electrons. The summed E-state index contributed by atoms with van der Waals surface area (Å²) in [4.78, 5) is 10.5. The molecule has 0 amide bonds. The number of nitro groups is 1. The van der Waals surface area contributed by atoms with Gasteiger partial charge in [0.1, 0.15) is 5.69 Å². The number of benzene rings is 2. The van der Waals surface area contributed by atoms with Gasteiger partial charge in [-0.1, -0.05) is 18.2 Å². The van der Waals surface area contributed by atoms with E-state index in [0.717, 1.165) is 6.07 Å². The second-order valence-electron chi connectivity index (χ2n) is 4.56. The van der Waals surface area contributed by atoms with Crippen LogP contribution in [0.5, 0.6) is 0 Å². The second-order valence-corrected chi connectivity index (χ2v) is 6.24. The maximum absolute atomic E-state index is 12.2. The van der Waals surface area contributed by atoms with E-state index in [1.807, 2.05) is 0 Å². The van der Waals surface area contributed by atoms with Gasteiger partial charge in [0.25, 0.3) is 15.7 Å². The predicted octanol–water partition coefficient (Wildman–Crippen LogP) is 1.80. The quantitative estimate of drug-likeness (QED) is 0.523. The molecule has 2 aromatic carbocycles. The smallest absolute Gasteiger partial charge is 0.294 e. The Morgan fingerprint density at radius 3 is 2.43 bits per heavy atom.